The number of hydrogen-bond donors (Lipinski definition) is 7. The molecule has 2 unspecified atom stereocenters. The zero-order chi connectivity index (χ0) is 51.0. The summed E-state index contributed by atoms with van der Waals surface area (Å²) >= 11 is 0. The van der Waals surface area contributed by atoms with Gasteiger partial charge in [-0.25, -0.2) is 0 Å². The highest BCUT2D eigenvalue weighted by molar-refractivity contribution is 5.76. The molecule has 0 aromatic rings. The Kier molecular flexibility index (Phi) is 48.3. The third kappa shape index (κ3) is 38.7. The Morgan fingerprint density at radius 1 is 0.443 bits per heavy atom. The molecule has 10 heteroatoms. The Morgan fingerprint density at radius 3 is 1.06 bits per heavy atom. The van der Waals surface area contributed by atoms with E-state index < -0.39 is 55.6 Å². The van der Waals surface area contributed by atoms with Gasteiger partial charge in [0.2, 0.25) is 5.91 Å². The Bertz CT molecular complexity index is 1080. The molecule has 0 aliphatic carbocycles. The average molecular weight is 999 g/mol. The molecule has 1 saturated heterocycles. The monoisotopic (exact) mass is 998 g/mol. The largest absolute Gasteiger partial charge is 0.394 e. The molecule has 8 atom stereocenters. The normalized spacial score (nSPS) is 19.7. The van der Waals surface area contributed by atoms with Crippen LogP contribution >= 0.6 is 0 Å². The van der Waals surface area contributed by atoms with Crippen molar-refractivity contribution in [3.63, 3.8) is 0 Å². The quantitative estimate of drug-likeness (QED) is 0.0293. The molecule has 10 nitrogen and oxygen atoms in total. The number of carbonyl (C=O) groups excluding carboxylic acids is 1. The van der Waals surface area contributed by atoms with Gasteiger partial charge in [-0.15, -0.1) is 0 Å². The second kappa shape index (κ2) is 50.3. The van der Waals surface area contributed by atoms with E-state index in [1.54, 1.807) is 0 Å². The Balaban J connectivity index is 2.12. The van der Waals surface area contributed by atoms with E-state index >= 15 is 0 Å². The van der Waals surface area contributed by atoms with E-state index in [0.717, 1.165) is 38.5 Å². The predicted octanol–water partition coefficient (Wildman–Crippen LogP) is 14.4. The van der Waals surface area contributed by atoms with E-state index in [4.69, 9.17) is 9.47 Å². The minimum absolute atomic E-state index is 0.250. The summed E-state index contributed by atoms with van der Waals surface area (Å²) in [6, 6.07) is -0.986. The van der Waals surface area contributed by atoms with Gasteiger partial charge < -0.3 is 45.4 Å². The van der Waals surface area contributed by atoms with Gasteiger partial charge in [0.15, 0.2) is 6.29 Å². The van der Waals surface area contributed by atoms with Crippen molar-refractivity contribution in [3.8, 4) is 0 Å². The highest BCUT2D eigenvalue weighted by Crippen LogP contribution is 2.24. The molecule has 0 aromatic heterocycles. The summed E-state index contributed by atoms with van der Waals surface area (Å²) in [5, 5.41) is 65.5. The fraction of sp³-hybridized carbons (Fsp3) is 0.983. The molecule has 1 heterocycles. The van der Waals surface area contributed by atoms with Crippen LogP contribution in [0.5, 0.6) is 0 Å². The lowest BCUT2D eigenvalue weighted by Crippen LogP contribution is -2.60. The van der Waals surface area contributed by atoms with E-state index in [2.05, 4.69) is 19.2 Å². The van der Waals surface area contributed by atoms with Crippen LogP contribution in [0.3, 0.4) is 0 Å². The van der Waals surface area contributed by atoms with Crippen molar-refractivity contribution in [3.05, 3.63) is 0 Å². The summed E-state index contributed by atoms with van der Waals surface area (Å²) in [5.74, 6) is -0.250. The number of carbonyl (C=O) groups is 1. The fourth-order valence-corrected chi connectivity index (χ4v) is 10.4. The molecule has 7 N–H and O–H groups in total. The Hall–Kier alpha value is -0.850. The van der Waals surface area contributed by atoms with Gasteiger partial charge in [0, 0.05) is 6.42 Å². The number of aliphatic hydroxyl groups is 6. The van der Waals surface area contributed by atoms with Gasteiger partial charge in [0.05, 0.1) is 25.4 Å². The van der Waals surface area contributed by atoms with Crippen LogP contribution in [-0.2, 0) is 14.3 Å². The SMILES string of the molecule is CCCCCCCCCCCCCCCCCCCCCCCCCCCCCCCCCCC(=O)N[C@@H](CO[C@@H]1O[C@H](CO)[C@H](O)C(O)C1O)[C@H](O)[C@H](O)CCCCCCCCCCCCCCC. The lowest BCUT2D eigenvalue weighted by atomic mass is 9.98. The summed E-state index contributed by atoms with van der Waals surface area (Å²) in [6.07, 6.45) is 50.1. The average Bonchev–Trinajstić information content (AvgIpc) is 3.36. The standard InChI is InChI=1S/C60H119NO9/c1-3-5-7-9-11-13-15-17-18-19-20-21-22-23-24-25-26-27-28-29-30-31-32-33-34-35-37-39-41-43-45-47-49-55(64)61-52(51-69-60-59(68)58(67)57(66)54(50-62)70-60)56(65)53(63)48-46-44-42-40-38-36-16-14-12-10-8-6-4-2/h52-54,56-60,62-63,65-68H,3-51H2,1-2H3,(H,61,64)/t52-,53+,54+,56-,57-,58?,59?,60+/m0/s1. The summed E-state index contributed by atoms with van der Waals surface area (Å²) in [7, 11) is 0. The van der Waals surface area contributed by atoms with Gasteiger partial charge in [-0.1, -0.05) is 296 Å². The molecule has 0 spiro atoms. The van der Waals surface area contributed by atoms with Crippen molar-refractivity contribution < 1.29 is 44.9 Å². The first-order valence-electron chi connectivity index (χ1n) is 30.8. The predicted molar refractivity (Wildman–Crippen MR) is 292 cm³/mol. The molecule has 0 saturated carbocycles. The van der Waals surface area contributed by atoms with Crippen LogP contribution in [0.15, 0.2) is 0 Å². The number of ether oxygens (including phenoxy) is 2. The van der Waals surface area contributed by atoms with E-state index in [1.165, 1.54) is 250 Å². The molecule has 1 rings (SSSR count). The molecule has 1 amide bonds. The zero-order valence-electron chi connectivity index (χ0n) is 46.2. The minimum atomic E-state index is -1.60. The van der Waals surface area contributed by atoms with Gasteiger partial charge in [0.1, 0.15) is 30.5 Å². The number of nitrogens with one attached hydrogen (secondary N) is 1. The maximum atomic E-state index is 13.1. The van der Waals surface area contributed by atoms with Gasteiger partial charge in [-0.05, 0) is 12.8 Å². The summed E-state index contributed by atoms with van der Waals surface area (Å²) in [4.78, 5) is 13.1. The number of hydrogen-bond acceptors (Lipinski definition) is 9. The van der Waals surface area contributed by atoms with Crippen LogP contribution in [0.25, 0.3) is 0 Å². The number of amides is 1. The van der Waals surface area contributed by atoms with Crippen LogP contribution in [0.4, 0.5) is 0 Å². The van der Waals surface area contributed by atoms with Crippen LogP contribution in [0, 0.1) is 0 Å². The van der Waals surface area contributed by atoms with E-state index in [1.807, 2.05) is 0 Å². The van der Waals surface area contributed by atoms with Crippen LogP contribution in [0.2, 0.25) is 0 Å². The van der Waals surface area contributed by atoms with E-state index in [-0.39, 0.29) is 18.9 Å². The molecule has 0 bridgehead atoms. The van der Waals surface area contributed by atoms with Gasteiger partial charge in [-0.2, -0.15) is 0 Å². The topological polar surface area (TPSA) is 169 Å². The lowest BCUT2D eigenvalue weighted by Gasteiger charge is -2.40. The first-order valence-corrected chi connectivity index (χ1v) is 30.8. The lowest BCUT2D eigenvalue weighted by molar-refractivity contribution is -0.303. The Morgan fingerprint density at radius 2 is 0.743 bits per heavy atom. The highest BCUT2D eigenvalue weighted by atomic mass is 16.7. The number of rotatable bonds is 54. The molecule has 0 radical (unpaired) electrons. The third-order valence-corrected chi connectivity index (χ3v) is 15.3. The number of aliphatic hydroxyl groups excluding tert-OH is 6. The molecule has 418 valence electrons. The summed E-state index contributed by atoms with van der Waals surface area (Å²) in [5.41, 5.74) is 0. The van der Waals surface area contributed by atoms with E-state index in [0.29, 0.717) is 6.42 Å². The number of unbranched alkanes of at least 4 members (excludes halogenated alkanes) is 43. The highest BCUT2D eigenvalue weighted by Gasteiger charge is 2.44. The molecular weight excluding hydrogens is 879 g/mol. The molecule has 0 aromatic carbocycles. The summed E-state index contributed by atoms with van der Waals surface area (Å²) < 4.78 is 11.2. The minimum Gasteiger partial charge on any atom is -0.394 e. The van der Waals surface area contributed by atoms with Gasteiger partial charge >= 0.3 is 0 Å². The van der Waals surface area contributed by atoms with Crippen molar-refractivity contribution in [1.82, 2.24) is 5.32 Å². The second-order valence-corrected chi connectivity index (χ2v) is 22.0. The second-order valence-electron chi connectivity index (χ2n) is 22.0. The molecule has 1 aliphatic rings. The van der Waals surface area contributed by atoms with Crippen molar-refractivity contribution in [2.45, 2.75) is 365 Å². The molecule has 1 aliphatic heterocycles. The zero-order valence-corrected chi connectivity index (χ0v) is 46.2. The Labute approximate surface area is 432 Å². The van der Waals surface area contributed by atoms with Crippen LogP contribution < -0.4 is 5.32 Å². The first kappa shape index (κ1) is 67.2. The maximum absolute atomic E-state index is 13.1. The summed E-state index contributed by atoms with van der Waals surface area (Å²) in [6.45, 7) is 3.65. The maximum Gasteiger partial charge on any atom is 0.220 e. The van der Waals surface area contributed by atoms with Gasteiger partial charge in [-0.3, -0.25) is 4.79 Å². The van der Waals surface area contributed by atoms with Crippen molar-refractivity contribution in [2.75, 3.05) is 13.2 Å². The van der Waals surface area contributed by atoms with Crippen molar-refractivity contribution in [2.24, 2.45) is 0 Å². The van der Waals surface area contributed by atoms with Crippen LogP contribution in [-0.4, -0.2) is 98.7 Å². The molecule has 1 fully saturated rings. The third-order valence-electron chi connectivity index (χ3n) is 15.3. The fourth-order valence-electron chi connectivity index (χ4n) is 10.4. The van der Waals surface area contributed by atoms with Crippen LogP contribution in [0.1, 0.15) is 316 Å². The van der Waals surface area contributed by atoms with Gasteiger partial charge in [0.25, 0.3) is 0 Å². The van der Waals surface area contributed by atoms with E-state index in [9.17, 15) is 35.4 Å². The van der Waals surface area contributed by atoms with Crippen molar-refractivity contribution in [1.29, 1.82) is 0 Å². The van der Waals surface area contributed by atoms with Crippen molar-refractivity contribution >= 4 is 5.91 Å². The molecular formula is C60H119NO9. The molecule has 70 heavy (non-hydrogen) atoms. The smallest absolute Gasteiger partial charge is 0.220 e. The first-order chi connectivity index (χ1) is 34.3.